The number of rotatable bonds is 5. The van der Waals surface area contributed by atoms with Gasteiger partial charge in [-0.15, -0.1) is 0 Å². The van der Waals surface area contributed by atoms with Gasteiger partial charge in [-0.1, -0.05) is 12.1 Å². The molecule has 1 amide bonds. The third kappa shape index (κ3) is 6.28. The van der Waals surface area contributed by atoms with Crippen LogP contribution in [0, 0.1) is 6.92 Å². The molecule has 0 fully saturated rings. The van der Waals surface area contributed by atoms with Gasteiger partial charge in [0.15, 0.2) is 0 Å². The van der Waals surface area contributed by atoms with Crippen LogP contribution < -0.4 is 10.6 Å². The van der Waals surface area contributed by atoms with Crippen molar-refractivity contribution < 1.29 is 9.53 Å². The molecule has 2 N–H and O–H groups in total. The molecule has 0 saturated heterocycles. The molecule has 1 aromatic heterocycles. The number of amides is 1. The third-order valence-corrected chi connectivity index (χ3v) is 3.22. The lowest BCUT2D eigenvalue weighted by Crippen LogP contribution is -2.33. The zero-order valence-corrected chi connectivity index (χ0v) is 14.7. The van der Waals surface area contributed by atoms with E-state index in [0.29, 0.717) is 6.54 Å². The van der Waals surface area contributed by atoms with Crippen LogP contribution in [0.2, 0.25) is 0 Å². The molecule has 2 rings (SSSR count). The summed E-state index contributed by atoms with van der Waals surface area (Å²) in [5.74, 6) is 0.828. The van der Waals surface area contributed by atoms with Crippen LogP contribution in [0.15, 0.2) is 42.6 Å². The van der Waals surface area contributed by atoms with Crippen LogP contribution in [-0.4, -0.2) is 23.2 Å². The van der Waals surface area contributed by atoms with Gasteiger partial charge in [0, 0.05) is 18.4 Å². The van der Waals surface area contributed by atoms with Gasteiger partial charge < -0.3 is 15.4 Å². The van der Waals surface area contributed by atoms with Gasteiger partial charge >= 0.3 is 6.09 Å². The molecule has 128 valence electrons. The normalized spacial score (nSPS) is 11.0. The Labute approximate surface area is 143 Å². The first kappa shape index (κ1) is 17.8. The van der Waals surface area contributed by atoms with Gasteiger partial charge in [0.2, 0.25) is 0 Å². The van der Waals surface area contributed by atoms with Gasteiger partial charge in [0.25, 0.3) is 0 Å². The minimum atomic E-state index is -0.471. The number of nitrogens with zero attached hydrogens (tertiary/aromatic N) is 1. The van der Waals surface area contributed by atoms with Crippen molar-refractivity contribution >= 4 is 17.6 Å². The van der Waals surface area contributed by atoms with Crippen LogP contribution in [0.25, 0.3) is 0 Å². The number of hydrogen-bond donors (Lipinski definition) is 2. The van der Waals surface area contributed by atoms with Crippen molar-refractivity contribution in [1.82, 2.24) is 10.3 Å². The van der Waals surface area contributed by atoms with Gasteiger partial charge in [0.05, 0.1) is 0 Å². The molecule has 1 aromatic carbocycles. The van der Waals surface area contributed by atoms with E-state index in [2.05, 4.69) is 15.6 Å². The zero-order chi connectivity index (χ0) is 17.6. The lowest BCUT2D eigenvalue weighted by atomic mass is 10.1. The number of ether oxygens (including phenoxy) is 1. The Morgan fingerprint density at radius 3 is 2.50 bits per heavy atom. The Balaban J connectivity index is 1.81. The molecule has 0 saturated carbocycles. The maximum atomic E-state index is 11.6. The van der Waals surface area contributed by atoms with E-state index < -0.39 is 5.60 Å². The smallest absolute Gasteiger partial charge is 0.407 e. The second-order valence-corrected chi connectivity index (χ2v) is 6.72. The molecule has 0 radical (unpaired) electrons. The van der Waals surface area contributed by atoms with Crippen molar-refractivity contribution in [2.45, 2.75) is 39.7 Å². The number of pyridine rings is 1. The number of hydrogen-bond acceptors (Lipinski definition) is 4. The Kier molecular flexibility index (Phi) is 5.79. The molecule has 0 atom stereocenters. The van der Waals surface area contributed by atoms with E-state index in [1.54, 1.807) is 6.20 Å². The highest BCUT2D eigenvalue weighted by Gasteiger charge is 2.15. The fourth-order valence-corrected chi connectivity index (χ4v) is 2.13. The summed E-state index contributed by atoms with van der Waals surface area (Å²) < 4.78 is 5.20. The van der Waals surface area contributed by atoms with Crippen molar-refractivity contribution in [2.75, 3.05) is 11.9 Å². The van der Waals surface area contributed by atoms with Crippen LogP contribution in [0.4, 0.5) is 16.3 Å². The average Bonchev–Trinajstić information content (AvgIpc) is 2.47. The first-order valence-electron chi connectivity index (χ1n) is 8.07. The van der Waals surface area contributed by atoms with Gasteiger partial charge in [-0.05, 0) is 69.5 Å². The second-order valence-electron chi connectivity index (χ2n) is 6.72. The molecule has 5 nitrogen and oxygen atoms in total. The molecular weight excluding hydrogens is 302 g/mol. The Morgan fingerprint density at radius 2 is 1.88 bits per heavy atom. The minimum Gasteiger partial charge on any atom is -0.444 e. The Bertz CT molecular complexity index is 676. The summed E-state index contributed by atoms with van der Waals surface area (Å²) in [5, 5.41) is 6.03. The van der Waals surface area contributed by atoms with E-state index in [9.17, 15) is 4.79 Å². The van der Waals surface area contributed by atoms with Gasteiger partial charge in [-0.25, -0.2) is 9.78 Å². The topological polar surface area (TPSA) is 63.2 Å². The Hall–Kier alpha value is -2.56. The summed E-state index contributed by atoms with van der Waals surface area (Å²) in [7, 11) is 0. The summed E-state index contributed by atoms with van der Waals surface area (Å²) in [5.41, 5.74) is 2.82. The molecule has 5 heteroatoms. The van der Waals surface area contributed by atoms with Crippen molar-refractivity contribution in [1.29, 1.82) is 0 Å². The number of aromatic nitrogens is 1. The summed E-state index contributed by atoms with van der Waals surface area (Å²) >= 11 is 0. The van der Waals surface area contributed by atoms with Crippen LogP contribution in [-0.2, 0) is 11.2 Å². The summed E-state index contributed by atoms with van der Waals surface area (Å²) in [6.07, 6.45) is 2.16. The van der Waals surface area contributed by atoms with E-state index >= 15 is 0 Å². The average molecular weight is 327 g/mol. The Morgan fingerprint density at radius 1 is 1.17 bits per heavy atom. The molecule has 24 heavy (non-hydrogen) atoms. The molecule has 0 spiro atoms. The molecule has 2 aromatic rings. The lowest BCUT2D eigenvalue weighted by Gasteiger charge is -2.19. The van der Waals surface area contributed by atoms with Gasteiger partial charge in [-0.3, -0.25) is 0 Å². The fraction of sp³-hybridized carbons (Fsp3) is 0.368. The first-order chi connectivity index (χ1) is 11.3. The third-order valence-electron chi connectivity index (χ3n) is 3.22. The number of anilines is 2. The van der Waals surface area contributed by atoms with Crippen LogP contribution in [0.3, 0.4) is 0 Å². The SMILES string of the molecule is Cc1ccnc(Nc2ccc(CCNC(=O)OC(C)(C)C)cc2)c1. The number of nitrogens with one attached hydrogen (secondary N) is 2. The lowest BCUT2D eigenvalue weighted by molar-refractivity contribution is 0.0528. The quantitative estimate of drug-likeness (QED) is 0.864. The van der Waals surface area contributed by atoms with E-state index in [4.69, 9.17) is 4.74 Å². The van der Waals surface area contributed by atoms with E-state index in [-0.39, 0.29) is 6.09 Å². The molecular formula is C19H25N3O2. The summed E-state index contributed by atoms with van der Waals surface area (Å²) in [6.45, 7) is 8.12. The first-order valence-corrected chi connectivity index (χ1v) is 8.07. The van der Waals surface area contributed by atoms with Crippen LogP contribution in [0.5, 0.6) is 0 Å². The van der Waals surface area contributed by atoms with Crippen molar-refractivity contribution in [2.24, 2.45) is 0 Å². The predicted molar refractivity (Wildman–Crippen MR) is 96.6 cm³/mol. The summed E-state index contributed by atoms with van der Waals surface area (Å²) in [4.78, 5) is 15.9. The van der Waals surface area contributed by atoms with E-state index in [0.717, 1.165) is 29.1 Å². The van der Waals surface area contributed by atoms with Crippen molar-refractivity contribution in [3.63, 3.8) is 0 Å². The molecule has 0 bridgehead atoms. The number of carbonyl (C=O) groups excluding carboxylic acids is 1. The molecule has 0 aliphatic heterocycles. The second kappa shape index (κ2) is 7.81. The number of carbonyl (C=O) groups is 1. The van der Waals surface area contributed by atoms with Crippen LogP contribution in [0.1, 0.15) is 31.9 Å². The highest BCUT2D eigenvalue weighted by atomic mass is 16.6. The predicted octanol–water partition coefficient (Wildman–Crippen LogP) is 4.20. The maximum absolute atomic E-state index is 11.6. The molecule has 0 aliphatic rings. The van der Waals surface area contributed by atoms with E-state index in [1.807, 2.05) is 64.1 Å². The largest absolute Gasteiger partial charge is 0.444 e. The minimum absolute atomic E-state index is 0.383. The van der Waals surface area contributed by atoms with Gasteiger partial charge in [0.1, 0.15) is 11.4 Å². The molecule has 1 heterocycles. The summed E-state index contributed by atoms with van der Waals surface area (Å²) in [6, 6.07) is 12.0. The van der Waals surface area contributed by atoms with Crippen molar-refractivity contribution in [3.8, 4) is 0 Å². The highest BCUT2D eigenvalue weighted by Crippen LogP contribution is 2.16. The highest BCUT2D eigenvalue weighted by molar-refractivity contribution is 5.67. The zero-order valence-electron chi connectivity index (χ0n) is 14.7. The standard InChI is InChI=1S/C19H25N3O2/c1-14-9-11-20-17(13-14)22-16-7-5-15(6-8-16)10-12-21-18(23)24-19(2,3)4/h5-9,11,13H,10,12H2,1-4H3,(H,20,22)(H,21,23). The number of benzene rings is 1. The van der Waals surface area contributed by atoms with E-state index in [1.165, 1.54) is 0 Å². The molecule has 0 aliphatic carbocycles. The van der Waals surface area contributed by atoms with Crippen LogP contribution >= 0.6 is 0 Å². The fourth-order valence-electron chi connectivity index (χ4n) is 2.13. The monoisotopic (exact) mass is 327 g/mol. The number of alkyl carbamates (subject to hydrolysis) is 1. The van der Waals surface area contributed by atoms with Gasteiger partial charge in [-0.2, -0.15) is 0 Å². The van der Waals surface area contributed by atoms with Crippen molar-refractivity contribution in [3.05, 3.63) is 53.7 Å². The number of aryl methyl sites for hydroxylation is 1. The maximum Gasteiger partial charge on any atom is 0.407 e. The molecule has 0 unspecified atom stereocenters.